The molecule has 10 heavy (non-hydrogen) atoms. The molecule has 0 atom stereocenters. The molecule has 0 unspecified atom stereocenters. The minimum absolute atomic E-state index is 0.955. The fourth-order valence-electron chi connectivity index (χ4n) is 1.16. The summed E-state index contributed by atoms with van der Waals surface area (Å²) in [6.07, 6.45) is 4.17. The zero-order valence-electron chi connectivity index (χ0n) is 5.39. The Kier molecular flexibility index (Phi) is 1.38. The smallest absolute Gasteiger partial charge is 0.0289 e. The number of benzene rings is 1. The molecule has 0 saturated carbocycles. The van der Waals surface area contributed by atoms with E-state index in [-0.39, 0.29) is 0 Å². The van der Waals surface area contributed by atoms with Crippen molar-refractivity contribution in [1.29, 1.82) is 0 Å². The van der Waals surface area contributed by atoms with E-state index in [9.17, 15) is 0 Å². The molecule has 1 heteroatoms. The van der Waals surface area contributed by atoms with Crippen LogP contribution in [0.5, 0.6) is 0 Å². The van der Waals surface area contributed by atoms with Gasteiger partial charge in [-0.05, 0) is 39.6 Å². The maximum absolute atomic E-state index is 3.44. The molecule has 0 heterocycles. The Morgan fingerprint density at radius 1 is 1.30 bits per heavy atom. The minimum atomic E-state index is 0.955. The molecule has 1 aromatic rings. The van der Waals surface area contributed by atoms with Gasteiger partial charge in [0.1, 0.15) is 0 Å². The van der Waals surface area contributed by atoms with Crippen LogP contribution in [0.1, 0.15) is 11.1 Å². The van der Waals surface area contributed by atoms with Crippen LogP contribution in [0, 0.1) is 6.08 Å². The summed E-state index contributed by atoms with van der Waals surface area (Å²) in [6, 6.07) is 8.36. The van der Waals surface area contributed by atoms with Crippen molar-refractivity contribution in [3.8, 4) is 0 Å². The highest BCUT2D eigenvalue weighted by Crippen LogP contribution is 2.30. The molecule has 0 fully saturated rings. The second-order valence-corrected chi connectivity index (χ2v) is 3.12. The lowest BCUT2D eigenvalue weighted by atomic mass is 10.1. The lowest BCUT2D eigenvalue weighted by Crippen LogP contribution is -1.78. The Morgan fingerprint density at radius 2 is 2.10 bits per heavy atom. The molecule has 0 spiro atoms. The van der Waals surface area contributed by atoms with Crippen molar-refractivity contribution in [2.45, 2.75) is 6.42 Å². The zero-order valence-corrected chi connectivity index (χ0v) is 6.98. The molecule has 1 aromatic carbocycles. The van der Waals surface area contributed by atoms with Crippen molar-refractivity contribution in [2.24, 2.45) is 0 Å². The topological polar surface area (TPSA) is 0 Å². The third kappa shape index (κ3) is 0.816. The summed E-state index contributed by atoms with van der Waals surface area (Å²) in [6.45, 7) is 0. The molecule has 0 saturated heterocycles. The van der Waals surface area contributed by atoms with Crippen LogP contribution in [0.25, 0.3) is 4.48 Å². The van der Waals surface area contributed by atoms with Gasteiger partial charge in [0.15, 0.2) is 0 Å². The number of allylic oxidation sites excluding steroid dienone is 1. The van der Waals surface area contributed by atoms with Crippen molar-refractivity contribution < 1.29 is 0 Å². The van der Waals surface area contributed by atoms with Gasteiger partial charge in [0.25, 0.3) is 0 Å². The van der Waals surface area contributed by atoms with Crippen LogP contribution in [0.2, 0.25) is 0 Å². The van der Waals surface area contributed by atoms with Crippen LogP contribution in [0.15, 0.2) is 24.3 Å². The van der Waals surface area contributed by atoms with Crippen molar-refractivity contribution >= 4 is 20.4 Å². The number of halogens is 1. The van der Waals surface area contributed by atoms with E-state index >= 15 is 0 Å². The second-order valence-electron chi connectivity index (χ2n) is 2.32. The zero-order chi connectivity index (χ0) is 6.97. The van der Waals surface area contributed by atoms with Gasteiger partial charge in [-0.2, -0.15) is 0 Å². The van der Waals surface area contributed by atoms with Gasteiger partial charge < -0.3 is 0 Å². The third-order valence-corrected chi connectivity index (χ3v) is 2.40. The number of rotatable bonds is 0. The molecule has 1 aliphatic rings. The first-order chi connectivity index (χ1) is 4.88. The van der Waals surface area contributed by atoms with Gasteiger partial charge in [0.2, 0.25) is 0 Å². The second kappa shape index (κ2) is 2.24. The first kappa shape index (κ1) is 6.17. The van der Waals surface area contributed by atoms with Gasteiger partial charge >= 0.3 is 0 Å². The minimum Gasteiger partial charge on any atom is -0.0619 e. The molecule has 49 valence electrons. The molecule has 0 amide bonds. The van der Waals surface area contributed by atoms with E-state index in [1.54, 1.807) is 0 Å². The average Bonchev–Trinajstić information content (AvgIpc) is 2.34. The average molecular weight is 194 g/mol. The monoisotopic (exact) mass is 193 g/mol. The lowest BCUT2D eigenvalue weighted by molar-refractivity contribution is 1.28. The largest absolute Gasteiger partial charge is 0.0619 e. The summed E-state index contributed by atoms with van der Waals surface area (Å²) in [5.74, 6) is 0. The predicted octanol–water partition coefficient (Wildman–Crippen LogP) is 2.78. The van der Waals surface area contributed by atoms with Crippen molar-refractivity contribution in [2.75, 3.05) is 0 Å². The highest BCUT2D eigenvalue weighted by molar-refractivity contribution is 9.15. The predicted molar refractivity (Wildman–Crippen MR) is 45.7 cm³/mol. The molecule has 1 aliphatic carbocycles. The molecule has 0 bridgehead atoms. The van der Waals surface area contributed by atoms with E-state index in [2.05, 4.69) is 40.2 Å². The SMILES string of the molecule is BrC1=[C]Cc2ccccc21. The van der Waals surface area contributed by atoms with Gasteiger partial charge in [-0.3, -0.25) is 0 Å². The summed E-state index contributed by atoms with van der Waals surface area (Å²) < 4.78 is 1.11. The first-order valence-corrected chi connectivity index (χ1v) is 4.02. The maximum atomic E-state index is 3.44. The summed E-state index contributed by atoms with van der Waals surface area (Å²) in [7, 11) is 0. The van der Waals surface area contributed by atoms with Crippen molar-refractivity contribution in [3.63, 3.8) is 0 Å². The highest BCUT2D eigenvalue weighted by atomic mass is 79.9. The maximum Gasteiger partial charge on any atom is 0.0289 e. The Hall–Kier alpha value is -0.560. The van der Waals surface area contributed by atoms with Crippen LogP contribution < -0.4 is 0 Å². The summed E-state index contributed by atoms with van der Waals surface area (Å²) in [5.41, 5.74) is 2.66. The fraction of sp³-hybridized carbons (Fsp3) is 0.111. The summed E-state index contributed by atoms with van der Waals surface area (Å²) in [5, 5.41) is 0. The summed E-state index contributed by atoms with van der Waals surface area (Å²) in [4.78, 5) is 0. The molecular formula is C9H6Br. The highest BCUT2D eigenvalue weighted by Gasteiger charge is 2.09. The number of hydrogen-bond donors (Lipinski definition) is 0. The first-order valence-electron chi connectivity index (χ1n) is 3.22. The Bertz CT molecular complexity index is 287. The third-order valence-electron chi connectivity index (χ3n) is 1.69. The quantitative estimate of drug-likeness (QED) is 0.595. The molecular weight excluding hydrogens is 188 g/mol. The van der Waals surface area contributed by atoms with Crippen LogP contribution >= 0.6 is 15.9 Å². The van der Waals surface area contributed by atoms with Gasteiger partial charge in [-0.25, -0.2) is 0 Å². The molecule has 0 N–H and O–H groups in total. The molecule has 1 radical (unpaired) electrons. The molecule has 0 aliphatic heterocycles. The molecule has 0 nitrogen and oxygen atoms in total. The van der Waals surface area contributed by atoms with Gasteiger partial charge in [0.05, 0.1) is 0 Å². The van der Waals surface area contributed by atoms with E-state index in [0.717, 1.165) is 10.9 Å². The Balaban J connectivity index is 2.61. The van der Waals surface area contributed by atoms with Gasteiger partial charge in [-0.15, -0.1) is 0 Å². The van der Waals surface area contributed by atoms with Gasteiger partial charge in [-0.1, -0.05) is 24.3 Å². The van der Waals surface area contributed by atoms with Crippen LogP contribution in [0.3, 0.4) is 0 Å². The standard InChI is InChI=1S/C9H6Br/c10-9-6-5-7-3-1-2-4-8(7)9/h1-4H,5H2. The normalized spacial score (nSPS) is 14.7. The van der Waals surface area contributed by atoms with E-state index in [4.69, 9.17) is 0 Å². The Labute approximate surface area is 68.7 Å². The van der Waals surface area contributed by atoms with E-state index < -0.39 is 0 Å². The van der Waals surface area contributed by atoms with E-state index in [1.807, 2.05) is 6.07 Å². The van der Waals surface area contributed by atoms with E-state index in [1.165, 1.54) is 11.1 Å². The molecule has 2 rings (SSSR count). The van der Waals surface area contributed by atoms with E-state index in [0.29, 0.717) is 0 Å². The number of hydrogen-bond acceptors (Lipinski definition) is 0. The van der Waals surface area contributed by atoms with Crippen molar-refractivity contribution in [1.82, 2.24) is 0 Å². The summed E-state index contributed by atoms with van der Waals surface area (Å²) >= 11 is 3.44. The van der Waals surface area contributed by atoms with Crippen molar-refractivity contribution in [3.05, 3.63) is 41.5 Å². The van der Waals surface area contributed by atoms with Crippen LogP contribution in [-0.2, 0) is 6.42 Å². The Morgan fingerprint density at radius 3 is 2.90 bits per heavy atom. The molecule has 0 aromatic heterocycles. The van der Waals surface area contributed by atoms with Crippen LogP contribution in [0.4, 0.5) is 0 Å². The number of fused-ring (bicyclic) bond motifs is 1. The van der Waals surface area contributed by atoms with Gasteiger partial charge in [0, 0.05) is 4.48 Å². The van der Waals surface area contributed by atoms with Crippen LogP contribution in [-0.4, -0.2) is 0 Å². The fourth-order valence-corrected chi connectivity index (χ4v) is 1.68. The lowest BCUT2D eigenvalue weighted by Gasteiger charge is -1.96.